The van der Waals surface area contributed by atoms with Gasteiger partial charge in [-0.1, -0.05) is 19.6 Å². The Morgan fingerprint density at radius 3 is 2.65 bits per heavy atom. The van der Waals surface area contributed by atoms with E-state index in [1.165, 1.54) is 17.5 Å². The normalized spacial score (nSPS) is 16.5. The van der Waals surface area contributed by atoms with E-state index < -0.39 is 17.7 Å². The van der Waals surface area contributed by atoms with E-state index in [1.54, 1.807) is 9.47 Å². The van der Waals surface area contributed by atoms with Crippen LogP contribution in [0.15, 0.2) is 29.2 Å². The van der Waals surface area contributed by atoms with Crippen LogP contribution in [0.4, 0.5) is 14.5 Å². The topological polar surface area (TPSA) is 139 Å². The van der Waals surface area contributed by atoms with Gasteiger partial charge in [0.1, 0.15) is 27.7 Å². The first-order chi connectivity index (χ1) is 23.0. The Balaban J connectivity index is 1.29. The van der Waals surface area contributed by atoms with Gasteiger partial charge in [-0.2, -0.15) is 0 Å². The minimum absolute atomic E-state index is 0.00833. The molecule has 15 heteroatoms. The number of rotatable bonds is 10. The van der Waals surface area contributed by atoms with Gasteiger partial charge in [-0.05, 0) is 30.4 Å². The molecule has 0 bridgehead atoms. The summed E-state index contributed by atoms with van der Waals surface area (Å²) >= 11 is 1.28. The molecule has 6 rings (SSSR count). The first-order valence-corrected chi connectivity index (χ1v) is 16.8. The van der Waals surface area contributed by atoms with Gasteiger partial charge in [0.25, 0.3) is 11.8 Å². The summed E-state index contributed by atoms with van der Waals surface area (Å²) in [7, 11) is 0. The van der Waals surface area contributed by atoms with Crippen LogP contribution in [0, 0.1) is 0 Å². The molecule has 3 aromatic rings. The summed E-state index contributed by atoms with van der Waals surface area (Å²) in [5.41, 5.74) is 2.50. The average molecular weight is 685 g/mol. The molecule has 6 heterocycles. The molecule has 256 valence electrons. The summed E-state index contributed by atoms with van der Waals surface area (Å²) in [5, 5.41) is 14.1. The number of alkyl halides is 2. The number of fused-ring (bicyclic) bond motifs is 2. The van der Waals surface area contributed by atoms with Crippen molar-refractivity contribution < 1.29 is 33.0 Å². The lowest BCUT2D eigenvalue weighted by atomic mass is 10.1. The number of aromatic hydroxyl groups is 1. The predicted molar refractivity (Wildman–Crippen MR) is 177 cm³/mol. The number of carbonyl (C=O) groups is 2. The quantitative estimate of drug-likeness (QED) is 0.307. The van der Waals surface area contributed by atoms with Crippen LogP contribution in [0.1, 0.15) is 53.4 Å². The highest BCUT2D eigenvalue weighted by Crippen LogP contribution is 2.35. The molecular formula is C33H38F2N6O6S. The maximum Gasteiger partial charge on any atom is 0.276 e. The van der Waals surface area contributed by atoms with Gasteiger partial charge < -0.3 is 34.3 Å². The van der Waals surface area contributed by atoms with Crippen molar-refractivity contribution in [1.29, 1.82) is 0 Å². The highest BCUT2D eigenvalue weighted by Gasteiger charge is 2.32. The minimum Gasteiger partial charge on any atom is -0.505 e. The van der Waals surface area contributed by atoms with E-state index in [4.69, 9.17) is 14.5 Å². The molecule has 0 aliphatic carbocycles. The van der Waals surface area contributed by atoms with E-state index in [-0.39, 0.29) is 55.0 Å². The number of ether oxygens (including phenoxy) is 2. The van der Waals surface area contributed by atoms with E-state index in [0.717, 1.165) is 12.5 Å². The molecule has 1 saturated heterocycles. The van der Waals surface area contributed by atoms with Crippen LogP contribution in [0.2, 0.25) is 0 Å². The van der Waals surface area contributed by atoms with E-state index in [1.807, 2.05) is 17.9 Å². The number of nitrogens with zero attached hydrogens (tertiary/aromatic N) is 5. The second kappa shape index (κ2) is 13.6. The van der Waals surface area contributed by atoms with Gasteiger partial charge in [-0.15, -0.1) is 11.3 Å². The number of piperazine rings is 1. The van der Waals surface area contributed by atoms with Crippen molar-refractivity contribution in [3.8, 4) is 11.5 Å². The molecule has 3 aromatic heterocycles. The molecule has 0 radical (unpaired) electrons. The van der Waals surface area contributed by atoms with Crippen LogP contribution in [0.3, 0.4) is 0 Å². The second-order valence-corrected chi connectivity index (χ2v) is 13.1. The van der Waals surface area contributed by atoms with Crippen LogP contribution in [-0.2, 0) is 28.9 Å². The summed E-state index contributed by atoms with van der Waals surface area (Å²) < 4.78 is 40.2. The average Bonchev–Trinajstić information content (AvgIpc) is 3.75. The van der Waals surface area contributed by atoms with Crippen LogP contribution in [0.5, 0.6) is 11.5 Å². The van der Waals surface area contributed by atoms with E-state index in [9.17, 15) is 28.3 Å². The summed E-state index contributed by atoms with van der Waals surface area (Å²) in [4.78, 5) is 53.4. The minimum atomic E-state index is -3.04. The number of aromatic nitrogens is 3. The van der Waals surface area contributed by atoms with Crippen molar-refractivity contribution >= 4 is 44.8 Å². The fraction of sp³-hybridized carbons (Fsp3) is 0.485. The molecule has 3 aliphatic rings. The van der Waals surface area contributed by atoms with Crippen molar-refractivity contribution in [3.63, 3.8) is 0 Å². The first-order valence-electron chi connectivity index (χ1n) is 16.0. The Hall–Kier alpha value is -4.37. The smallest absolute Gasteiger partial charge is 0.276 e. The SMILES string of the molecule is C=C(CCNC(=O)Cn1c(CC)c(N2CCN(C(=O)c3ncc4c(c3O)CCO4)CC2)c(=O)c2sc(C3=CCOCC3)nc21)C(C)(F)F. The van der Waals surface area contributed by atoms with E-state index >= 15 is 0 Å². The standard InChI is InChI=1S/C33H38F2N6O6S/c1-4-22-26(39-10-12-40(13-11-39)32(45)25-27(43)21-8-16-47-23(21)17-37-25)28(44)29-30(38-31(48-29)20-6-14-46-15-7-20)41(22)18-24(42)36-9-5-19(2)33(3,34)35/h6,17,43H,2,4-5,7-16,18H2,1,3H3,(H,36,42). The lowest BCUT2D eigenvalue weighted by Gasteiger charge is -2.37. The third kappa shape index (κ3) is 6.52. The zero-order valence-electron chi connectivity index (χ0n) is 26.9. The lowest BCUT2D eigenvalue weighted by Crippen LogP contribution is -2.50. The number of pyridine rings is 2. The molecule has 1 fully saturated rings. The third-order valence-electron chi connectivity index (χ3n) is 8.94. The van der Waals surface area contributed by atoms with Gasteiger partial charge in [0.2, 0.25) is 11.3 Å². The van der Waals surface area contributed by atoms with Crippen LogP contribution in [-0.4, -0.2) is 94.8 Å². The number of anilines is 1. The Bertz CT molecular complexity index is 1860. The van der Waals surface area contributed by atoms with Crippen molar-refractivity contribution in [2.75, 3.05) is 57.4 Å². The van der Waals surface area contributed by atoms with Crippen LogP contribution in [0.25, 0.3) is 15.9 Å². The molecule has 0 atom stereocenters. The molecular weight excluding hydrogens is 646 g/mol. The van der Waals surface area contributed by atoms with Gasteiger partial charge in [-0.25, -0.2) is 18.7 Å². The number of hydrogen-bond donors (Lipinski definition) is 2. The van der Waals surface area contributed by atoms with Crippen molar-refractivity contribution in [1.82, 2.24) is 24.8 Å². The molecule has 2 N–H and O–H groups in total. The van der Waals surface area contributed by atoms with Gasteiger partial charge in [0.05, 0.1) is 26.0 Å². The Morgan fingerprint density at radius 2 is 1.96 bits per heavy atom. The number of halogens is 2. The summed E-state index contributed by atoms with van der Waals surface area (Å²) in [6.07, 6.45) is 4.88. The third-order valence-corrected chi connectivity index (χ3v) is 10.1. The van der Waals surface area contributed by atoms with Crippen molar-refractivity contribution in [2.24, 2.45) is 0 Å². The number of nitrogens with one attached hydrogen (secondary N) is 1. The highest BCUT2D eigenvalue weighted by molar-refractivity contribution is 7.19. The molecule has 48 heavy (non-hydrogen) atoms. The van der Waals surface area contributed by atoms with E-state index in [0.29, 0.717) is 90.2 Å². The van der Waals surface area contributed by atoms with E-state index in [2.05, 4.69) is 16.9 Å². The molecule has 0 unspecified atom stereocenters. The molecule has 0 spiro atoms. The fourth-order valence-corrected chi connectivity index (χ4v) is 7.29. The Kier molecular flexibility index (Phi) is 9.52. The Labute approximate surface area is 279 Å². The largest absolute Gasteiger partial charge is 0.505 e. The number of carbonyl (C=O) groups excluding carboxylic acids is 2. The predicted octanol–water partition coefficient (Wildman–Crippen LogP) is 3.54. The molecule has 12 nitrogen and oxygen atoms in total. The monoisotopic (exact) mass is 684 g/mol. The molecule has 0 aromatic carbocycles. The Morgan fingerprint density at radius 1 is 1.19 bits per heavy atom. The molecule has 3 aliphatic heterocycles. The molecule has 2 amide bonds. The van der Waals surface area contributed by atoms with Crippen LogP contribution < -0.4 is 20.4 Å². The van der Waals surface area contributed by atoms with Gasteiger partial charge >= 0.3 is 0 Å². The fourth-order valence-electron chi connectivity index (χ4n) is 6.21. The summed E-state index contributed by atoms with van der Waals surface area (Å²) in [6, 6.07) is 0. The summed E-state index contributed by atoms with van der Waals surface area (Å²) in [5.74, 6) is -3.53. The number of thiazole rings is 1. The second-order valence-electron chi connectivity index (χ2n) is 12.1. The van der Waals surface area contributed by atoms with Crippen molar-refractivity contribution in [2.45, 2.75) is 52.0 Å². The van der Waals surface area contributed by atoms with Gasteiger partial charge in [0, 0.05) is 57.3 Å². The lowest BCUT2D eigenvalue weighted by molar-refractivity contribution is -0.121. The zero-order chi connectivity index (χ0) is 34.2. The van der Waals surface area contributed by atoms with Gasteiger partial charge in [0.15, 0.2) is 17.1 Å². The number of hydrogen-bond acceptors (Lipinski definition) is 10. The highest BCUT2D eigenvalue weighted by atomic mass is 32.1. The molecule has 0 saturated carbocycles. The maximum atomic E-state index is 14.2. The van der Waals surface area contributed by atoms with Crippen LogP contribution >= 0.6 is 11.3 Å². The zero-order valence-corrected chi connectivity index (χ0v) is 27.8. The van der Waals surface area contributed by atoms with Crippen molar-refractivity contribution in [3.05, 3.63) is 56.6 Å². The number of amides is 2. The van der Waals surface area contributed by atoms with Gasteiger partial charge in [-0.3, -0.25) is 14.4 Å². The first kappa shape index (κ1) is 33.5. The summed E-state index contributed by atoms with van der Waals surface area (Å²) in [6.45, 7) is 8.56. The maximum absolute atomic E-state index is 14.2.